The summed E-state index contributed by atoms with van der Waals surface area (Å²) in [5.74, 6) is -1.18. The highest BCUT2D eigenvalue weighted by Crippen LogP contribution is 2.07. The Kier molecular flexibility index (Phi) is 6.48. The minimum atomic E-state index is -1.18. The maximum atomic E-state index is 13.1. The molecule has 2 aromatic rings. The summed E-state index contributed by atoms with van der Waals surface area (Å²) in [6.45, 7) is 0.386. The van der Waals surface area contributed by atoms with E-state index in [0.29, 0.717) is 17.3 Å². The minimum absolute atomic E-state index is 0.386. The van der Waals surface area contributed by atoms with Gasteiger partial charge in [0, 0.05) is 6.54 Å². The van der Waals surface area contributed by atoms with Crippen molar-refractivity contribution in [1.82, 2.24) is 14.9 Å². The number of aryl methyl sites for hydroxylation is 1. The van der Waals surface area contributed by atoms with Crippen LogP contribution < -0.4 is 16.6 Å². The number of hydrogen-bond acceptors (Lipinski definition) is 3. The molecule has 0 spiro atoms. The Balaban J connectivity index is 1.65. The highest BCUT2D eigenvalue weighted by molar-refractivity contribution is 5.76. The molecule has 0 aliphatic heterocycles. The van der Waals surface area contributed by atoms with E-state index in [0.717, 1.165) is 32.1 Å². The molecular weight excluding hydrogens is 313 g/mol. The molecule has 0 atom stereocenters. The van der Waals surface area contributed by atoms with Crippen molar-refractivity contribution in [2.45, 2.75) is 32.1 Å². The summed E-state index contributed by atoms with van der Waals surface area (Å²) < 4.78 is 13.6. The maximum absolute atomic E-state index is 13.1. The molecule has 1 heterocycles. The first-order chi connectivity index (χ1) is 11.6. The lowest BCUT2D eigenvalue weighted by Gasteiger charge is -2.07. The zero-order valence-corrected chi connectivity index (χ0v) is 13.3. The summed E-state index contributed by atoms with van der Waals surface area (Å²) in [6.07, 6.45) is 5.44. The van der Waals surface area contributed by atoms with E-state index in [1.807, 2.05) is 18.2 Å². The summed E-state index contributed by atoms with van der Waals surface area (Å²) in [4.78, 5) is 35.8. The second-order valence-electron chi connectivity index (χ2n) is 5.49. The smallest absolute Gasteiger partial charge is 0.336 e. The predicted molar refractivity (Wildman–Crippen MR) is 88.7 cm³/mol. The molecule has 7 heteroatoms. The summed E-state index contributed by atoms with van der Waals surface area (Å²) in [5.41, 5.74) is -0.783. The van der Waals surface area contributed by atoms with Gasteiger partial charge in [-0.15, -0.1) is 0 Å². The molecule has 1 aromatic carbocycles. The van der Waals surface area contributed by atoms with E-state index in [2.05, 4.69) is 17.4 Å². The number of nitrogens with one attached hydrogen (secondary N) is 2. The lowest BCUT2D eigenvalue weighted by molar-refractivity contribution is 0.240. The minimum Gasteiger partial charge on any atom is -0.337 e. The standard InChI is InChI=1S/C17H20FN3O3/c18-14-12-21(17(24)20-15(14)22)16(23)19-11-7-2-1-4-8-13-9-5-3-6-10-13/h3,5-6,9-10,12H,1-2,4,7-8,11H2,(H,19,23)(H,20,22,24). The molecule has 0 unspecified atom stereocenters. The number of carbonyl (C=O) groups is 1. The van der Waals surface area contributed by atoms with Crippen LogP contribution in [0.15, 0.2) is 46.1 Å². The lowest BCUT2D eigenvalue weighted by Crippen LogP contribution is -2.40. The van der Waals surface area contributed by atoms with Crippen LogP contribution in [0.1, 0.15) is 31.2 Å². The van der Waals surface area contributed by atoms with E-state index < -0.39 is 23.1 Å². The van der Waals surface area contributed by atoms with Crippen LogP contribution in [0.4, 0.5) is 9.18 Å². The molecule has 0 fully saturated rings. The van der Waals surface area contributed by atoms with E-state index in [1.54, 1.807) is 4.98 Å². The van der Waals surface area contributed by atoms with Crippen LogP contribution in [-0.4, -0.2) is 22.1 Å². The maximum Gasteiger partial charge on any atom is 0.336 e. The molecule has 1 aromatic heterocycles. The fourth-order valence-corrected chi connectivity index (χ4v) is 2.33. The van der Waals surface area contributed by atoms with Gasteiger partial charge in [0.1, 0.15) is 0 Å². The molecule has 0 radical (unpaired) electrons. The molecule has 24 heavy (non-hydrogen) atoms. The van der Waals surface area contributed by atoms with Crippen LogP contribution in [0.5, 0.6) is 0 Å². The molecule has 0 saturated carbocycles. The number of amides is 1. The average Bonchev–Trinajstić information content (AvgIpc) is 2.58. The van der Waals surface area contributed by atoms with Gasteiger partial charge < -0.3 is 5.32 Å². The SMILES string of the molecule is O=C(NCCCCCCc1ccccc1)n1cc(F)c(=O)[nH]c1=O. The van der Waals surface area contributed by atoms with Gasteiger partial charge in [-0.1, -0.05) is 43.2 Å². The summed E-state index contributed by atoms with van der Waals surface area (Å²) >= 11 is 0. The number of halogens is 1. The molecule has 6 nitrogen and oxygen atoms in total. The topological polar surface area (TPSA) is 84.0 Å². The van der Waals surface area contributed by atoms with Crippen LogP contribution in [0, 0.1) is 5.82 Å². The summed E-state index contributed by atoms with van der Waals surface area (Å²) in [6, 6.07) is 9.48. The number of hydrogen-bond donors (Lipinski definition) is 2. The van der Waals surface area contributed by atoms with E-state index in [9.17, 15) is 18.8 Å². The van der Waals surface area contributed by atoms with Gasteiger partial charge in [-0.3, -0.25) is 9.78 Å². The normalized spacial score (nSPS) is 10.5. The molecule has 128 valence electrons. The molecule has 0 aliphatic carbocycles. The second kappa shape index (κ2) is 8.81. The van der Waals surface area contributed by atoms with Crippen molar-refractivity contribution in [2.24, 2.45) is 0 Å². The van der Waals surface area contributed by atoms with Crippen LogP contribution in [0.25, 0.3) is 0 Å². The van der Waals surface area contributed by atoms with Crippen LogP contribution in [-0.2, 0) is 6.42 Å². The van der Waals surface area contributed by atoms with Gasteiger partial charge in [-0.2, -0.15) is 4.39 Å². The van der Waals surface area contributed by atoms with Gasteiger partial charge in [0.05, 0.1) is 6.20 Å². The average molecular weight is 333 g/mol. The second-order valence-corrected chi connectivity index (χ2v) is 5.49. The number of benzene rings is 1. The van der Waals surface area contributed by atoms with E-state index in [-0.39, 0.29) is 0 Å². The third kappa shape index (κ3) is 5.19. The summed E-state index contributed by atoms with van der Waals surface area (Å²) in [5, 5.41) is 2.53. The first kappa shape index (κ1) is 17.7. The Morgan fingerprint density at radius 3 is 2.54 bits per heavy atom. The van der Waals surface area contributed by atoms with Crippen molar-refractivity contribution in [3.05, 3.63) is 68.7 Å². The fourth-order valence-electron chi connectivity index (χ4n) is 2.33. The van der Waals surface area contributed by atoms with E-state index >= 15 is 0 Å². The third-order valence-electron chi connectivity index (χ3n) is 3.63. The first-order valence-corrected chi connectivity index (χ1v) is 7.91. The van der Waals surface area contributed by atoms with Gasteiger partial charge in [-0.05, 0) is 24.8 Å². The van der Waals surface area contributed by atoms with Crippen molar-refractivity contribution in [2.75, 3.05) is 6.54 Å². The Morgan fingerprint density at radius 2 is 1.79 bits per heavy atom. The number of aromatic nitrogens is 2. The predicted octanol–water partition coefficient (Wildman–Crippen LogP) is 2.04. The van der Waals surface area contributed by atoms with E-state index in [1.165, 1.54) is 5.56 Å². The third-order valence-corrected chi connectivity index (χ3v) is 3.63. The number of unbranched alkanes of at least 4 members (excludes halogenated alkanes) is 3. The van der Waals surface area contributed by atoms with Crippen molar-refractivity contribution in [3.8, 4) is 0 Å². The number of aromatic amines is 1. The van der Waals surface area contributed by atoms with Crippen molar-refractivity contribution in [1.29, 1.82) is 0 Å². The van der Waals surface area contributed by atoms with Gasteiger partial charge in [0.15, 0.2) is 0 Å². The first-order valence-electron chi connectivity index (χ1n) is 7.91. The lowest BCUT2D eigenvalue weighted by atomic mass is 10.1. The van der Waals surface area contributed by atoms with Gasteiger partial charge in [0.2, 0.25) is 5.82 Å². The Hall–Kier alpha value is -2.70. The largest absolute Gasteiger partial charge is 0.337 e. The van der Waals surface area contributed by atoms with Crippen LogP contribution in [0.3, 0.4) is 0 Å². The molecule has 0 saturated heterocycles. The van der Waals surface area contributed by atoms with Crippen LogP contribution >= 0.6 is 0 Å². The Labute approximate surface area is 138 Å². The number of carbonyl (C=O) groups excluding carboxylic acids is 1. The molecule has 2 rings (SSSR count). The molecule has 1 amide bonds. The quantitative estimate of drug-likeness (QED) is 0.761. The summed E-state index contributed by atoms with van der Waals surface area (Å²) in [7, 11) is 0. The zero-order chi connectivity index (χ0) is 17.4. The van der Waals surface area contributed by atoms with Gasteiger partial charge in [-0.25, -0.2) is 14.2 Å². The van der Waals surface area contributed by atoms with Gasteiger partial charge in [0.25, 0.3) is 5.56 Å². The number of H-pyrrole nitrogens is 1. The molecular formula is C17H20FN3O3. The number of rotatable bonds is 7. The van der Waals surface area contributed by atoms with Crippen LogP contribution in [0.2, 0.25) is 0 Å². The van der Waals surface area contributed by atoms with Gasteiger partial charge >= 0.3 is 11.7 Å². The van der Waals surface area contributed by atoms with Crippen molar-refractivity contribution >= 4 is 6.03 Å². The number of nitrogens with zero attached hydrogens (tertiary/aromatic N) is 1. The van der Waals surface area contributed by atoms with Crippen molar-refractivity contribution < 1.29 is 9.18 Å². The highest BCUT2D eigenvalue weighted by atomic mass is 19.1. The Morgan fingerprint density at radius 1 is 1.08 bits per heavy atom. The Bertz CT molecular complexity index is 784. The molecule has 0 aliphatic rings. The molecule has 0 bridgehead atoms. The van der Waals surface area contributed by atoms with Crippen molar-refractivity contribution in [3.63, 3.8) is 0 Å². The molecule has 2 N–H and O–H groups in total. The van der Waals surface area contributed by atoms with E-state index in [4.69, 9.17) is 0 Å². The zero-order valence-electron chi connectivity index (χ0n) is 13.3. The monoisotopic (exact) mass is 333 g/mol. The highest BCUT2D eigenvalue weighted by Gasteiger charge is 2.09. The fraction of sp³-hybridized carbons (Fsp3) is 0.353.